The molecule has 2 rings (SSSR count). The highest BCUT2D eigenvalue weighted by atomic mass is 16.1. The molecule has 110 valence electrons. The molecule has 1 aromatic carbocycles. The number of nitrogens with one attached hydrogen (secondary N) is 1. The Bertz CT molecular complexity index is 459. The molecule has 1 N–H and O–H groups in total. The highest BCUT2D eigenvalue weighted by Gasteiger charge is 2.35. The third-order valence-corrected chi connectivity index (χ3v) is 4.11. The van der Waals surface area contributed by atoms with E-state index in [4.69, 9.17) is 0 Å². The average molecular weight is 275 g/mol. The van der Waals surface area contributed by atoms with Crippen LogP contribution >= 0.6 is 0 Å². The van der Waals surface area contributed by atoms with Gasteiger partial charge in [0.05, 0.1) is 5.54 Å². The van der Waals surface area contributed by atoms with Gasteiger partial charge < -0.3 is 10.2 Å². The van der Waals surface area contributed by atoms with Crippen LogP contribution in [0.3, 0.4) is 0 Å². The summed E-state index contributed by atoms with van der Waals surface area (Å²) in [6.45, 7) is 7.82. The van der Waals surface area contributed by atoms with Crippen LogP contribution in [0.4, 0.5) is 5.69 Å². The molecule has 1 heterocycles. The summed E-state index contributed by atoms with van der Waals surface area (Å²) in [5.74, 6) is 0.199. The van der Waals surface area contributed by atoms with Crippen molar-refractivity contribution in [1.29, 1.82) is 0 Å². The molecule has 1 aromatic rings. The summed E-state index contributed by atoms with van der Waals surface area (Å²) in [5, 5.41) is 3.33. The molecule has 0 spiro atoms. The van der Waals surface area contributed by atoms with Crippen LogP contribution in [0.1, 0.15) is 24.2 Å². The number of piperazine rings is 1. The van der Waals surface area contributed by atoms with Gasteiger partial charge in [-0.05, 0) is 38.1 Å². The van der Waals surface area contributed by atoms with E-state index in [9.17, 15) is 4.79 Å². The average Bonchev–Trinajstić information content (AvgIpc) is 2.47. The number of ketones is 1. The van der Waals surface area contributed by atoms with E-state index >= 15 is 0 Å². The monoisotopic (exact) mass is 275 g/mol. The van der Waals surface area contributed by atoms with Crippen LogP contribution in [0.15, 0.2) is 24.3 Å². The Morgan fingerprint density at radius 1 is 1.15 bits per heavy atom. The third-order valence-electron chi connectivity index (χ3n) is 4.11. The van der Waals surface area contributed by atoms with Gasteiger partial charge >= 0.3 is 0 Å². The van der Waals surface area contributed by atoms with Crippen LogP contribution in [-0.4, -0.2) is 56.5 Å². The number of carbonyl (C=O) groups excluding carboxylic acids is 1. The van der Waals surface area contributed by atoms with Crippen molar-refractivity contribution in [2.75, 3.05) is 45.2 Å². The van der Waals surface area contributed by atoms with Crippen LogP contribution in [0.25, 0.3) is 0 Å². The number of Topliss-reactive ketones (excluding diaryl/α,β-unsaturated/α-hetero) is 1. The lowest BCUT2D eigenvalue weighted by Gasteiger charge is -2.40. The van der Waals surface area contributed by atoms with E-state index < -0.39 is 5.54 Å². The number of hydrogen-bond acceptors (Lipinski definition) is 4. The van der Waals surface area contributed by atoms with Gasteiger partial charge in [-0.3, -0.25) is 9.69 Å². The Morgan fingerprint density at radius 3 is 2.20 bits per heavy atom. The summed E-state index contributed by atoms with van der Waals surface area (Å²) in [5.41, 5.74) is 1.46. The fraction of sp³-hybridized carbons (Fsp3) is 0.562. The molecule has 1 aliphatic heterocycles. The largest absolute Gasteiger partial charge is 0.378 e. The molecular formula is C16H25N3O. The first-order valence-corrected chi connectivity index (χ1v) is 7.21. The SMILES string of the molecule is CN(C)c1ccc(C(=O)C(C)(C)N2CCNCC2)cc1. The molecule has 0 saturated carbocycles. The van der Waals surface area contributed by atoms with Crippen molar-refractivity contribution in [3.05, 3.63) is 29.8 Å². The van der Waals surface area contributed by atoms with Gasteiger partial charge in [-0.25, -0.2) is 0 Å². The lowest BCUT2D eigenvalue weighted by Crippen LogP contribution is -2.57. The zero-order valence-electron chi connectivity index (χ0n) is 12.9. The van der Waals surface area contributed by atoms with Gasteiger partial charge in [0, 0.05) is 51.5 Å². The molecular weight excluding hydrogens is 250 g/mol. The summed E-state index contributed by atoms with van der Waals surface area (Å²) in [7, 11) is 4.00. The van der Waals surface area contributed by atoms with Gasteiger partial charge in [-0.1, -0.05) is 0 Å². The lowest BCUT2D eigenvalue weighted by atomic mass is 9.90. The molecule has 1 saturated heterocycles. The second-order valence-electron chi connectivity index (χ2n) is 6.07. The minimum atomic E-state index is -0.443. The van der Waals surface area contributed by atoms with Crippen molar-refractivity contribution in [3.8, 4) is 0 Å². The fourth-order valence-corrected chi connectivity index (χ4v) is 2.63. The quantitative estimate of drug-likeness (QED) is 0.847. The molecule has 20 heavy (non-hydrogen) atoms. The molecule has 1 aliphatic rings. The number of carbonyl (C=O) groups is 1. The Labute approximate surface area is 121 Å². The highest BCUT2D eigenvalue weighted by molar-refractivity contribution is 6.02. The van der Waals surface area contributed by atoms with E-state index in [1.165, 1.54) is 0 Å². The maximum absolute atomic E-state index is 12.8. The zero-order valence-corrected chi connectivity index (χ0v) is 12.9. The Balaban J connectivity index is 2.16. The smallest absolute Gasteiger partial charge is 0.182 e. The van der Waals surface area contributed by atoms with Gasteiger partial charge in [-0.15, -0.1) is 0 Å². The lowest BCUT2D eigenvalue weighted by molar-refractivity contribution is 0.0602. The number of benzene rings is 1. The first kappa shape index (κ1) is 15.0. The van der Waals surface area contributed by atoms with Crippen LogP contribution < -0.4 is 10.2 Å². The molecule has 4 heteroatoms. The first-order chi connectivity index (χ1) is 9.43. The van der Waals surface area contributed by atoms with Crippen molar-refractivity contribution in [3.63, 3.8) is 0 Å². The van der Waals surface area contributed by atoms with Crippen molar-refractivity contribution in [1.82, 2.24) is 10.2 Å². The van der Waals surface area contributed by atoms with Gasteiger partial charge in [0.25, 0.3) is 0 Å². The number of anilines is 1. The third kappa shape index (κ3) is 3.02. The van der Waals surface area contributed by atoms with Crippen LogP contribution in [-0.2, 0) is 0 Å². The molecule has 1 fully saturated rings. The van der Waals surface area contributed by atoms with Gasteiger partial charge in [0.2, 0.25) is 0 Å². The van der Waals surface area contributed by atoms with Gasteiger partial charge in [0.1, 0.15) is 0 Å². The van der Waals surface area contributed by atoms with Crippen molar-refractivity contribution >= 4 is 11.5 Å². The fourth-order valence-electron chi connectivity index (χ4n) is 2.63. The summed E-state index contributed by atoms with van der Waals surface area (Å²) in [4.78, 5) is 17.1. The second-order valence-corrected chi connectivity index (χ2v) is 6.07. The van der Waals surface area contributed by atoms with E-state index in [1.54, 1.807) is 0 Å². The van der Waals surface area contributed by atoms with E-state index in [0.29, 0.717) is 0 Å². The molecule has 0 bridgehead atoms. The van der Waals surface area contributed by atoms with E-state index in [0.717, 1.165) is 37.4 Å². The van der Waals surface area contributed by atoms with Gasteiger partial charge in [0.15, 0.2) is 5.78 Å². The second kappa shape index (κ2) is 5.94. The molecule has 0 aliphatic carbocycles. The highest BCUT2D eigenvalue weighted by Crippen LogP contribution is 2.22. The maximum atomic E-state index is 12.8. The summed E-state index contributed by atoms with van der Waals surface area (Å²) >= 11 is 0. The number of hydrogen-bond donors (Lipinski definition) is 1. The minimum Gasteiger partial charge on any atom is -0.378 e. The standard InChI is InChI=1S/C16H25N3O/c1-16(2,19-11-9-17-10-12-19)15(20)13-5-7-14(8-6-13)18(3)4/h5-8,17H,9-12H2,1-4H3. The van der Waals surface area contributed by atoms with Crippen LogP contribution in [0.5, 0.6) is 0 Å². The normalized spacial score (nSPS) is 17.0. The van der Waals surface area contributed by atoms with E-state index in [-0.39, 0.29) is 5.78 Å². The van der Waals surface area contributed by atoms with Crippen LogP contribution in [0.2, 0.25) is 0 Å². The number of rotatable bonds is 4. The predicted molar refractivity (Wildman–Crippen MR) is 83.6 cm³/mol. The molecule has 0 radical (unpaired) electrons. The van der Waals surface area contributed by atoms with E-state index in [2.05, 4.69) is 10.2 Å². The Hall–Kier alpha value is -1.39. The number of nitrogens with zero attached hydrogens (tertiary/aromatic N) is 2. The predicted octanol–water partition coefficient (Wildman–Crippen LogP) is 1.62. The Kier molecular flexibility index (Phi) is 4.45. The van der Waals surface area contributed by atoms with Crippen molar-refractivity contribution in [2.24, 2.45) is 0 Å². The molecule has 4 nitrogen and oxygen atoms in total. The minimum absolute atomic E-state index is 0.199. The Morgan fingerprint density at radius 2 is 1.70 bits per heavy atom. The van der Waals surface area contributed by atoms with E-state index in [1.807, 2.05) is 57.1 Å². The first-order valence-electron chi connectivity index (χ1n) is 7.21. The van der Waals surface area contributed by atoms with Gasteiger partial charge in [-0.2, -0.15) is 0 Å². The molecule has 0 aromatic heterocycles. The molecule has 0 amide bonds. The van der Waals surface area contributed by atoms with Crippen molar-refractivity contribution in [2.45, 2.75) is 19.4 Å². The van der Waals surface area contributed by atoms with Crippen LogP contribution in [0, 0.1) is 0 Å². The summed E-state index contributed by atoms with van der Waals surface area (Å²) in [6.07, 6.45) is 0. The summed E-state index contributed by atoms with van der Waals surface area (Å²) in [6, 6.07) is 7.87. The topological polar surface area (TPSA) is 35.6 Å². The maximum Gasteiger partial charge on any atom is 0.182 e. The van der Waals surface area contributed by atoms with Crippen molar-refractivity contribution < 1.29 is 4.79 Å². The zero-order chi connectivity index (χ0) is 14.8. The molecule has 0 atom stereocenters. The molecule has 0 unspecified atom stereocenters. The summed E-state index contributed by atoms with van der Waals surface area (Å²) < 4.78 is 0.